The third kappa shape index (κ3) is 4.79. The normalized spacial score (nSPS) is 18.0. The maximum Gasteiger partial charge on any atom is 0.262 e. The van der Waals surface area contributed by atoms with Crippen molar-refractivity contribution in [3.63, 3.8) is 0 Å². The van der Waals surface area contributed by atoms with Crippen LogP contribution in [0.3, 0.4) is 0 Å². The maximum absolute atomic E-state index is 13.0. The van der Waals surface area contributed by atoms with Crippen molar-refractivity contribution in [2.24, 2.45) is 5.92 Å². The van der Waals surface area contributed by atoms with Gasteiger partial charge < -0.3 is 14.6 Å². The topological polar surface area (TPSA) is 93.5 Å². The van der Waals surface area contributed by atoms with Crippen molar-refractivity contribution < 1.29 is 17.9 Å². The number of methoxy groups -OCH3 is 1. The number of benzene rings is 1. The lowest BCUT2D eigenvalue weighted by Crippen LogP contribution is -2.45. The van der Waals surface area contributed by atoms with Gasteiger partial charge in [-0.25, -0.2) is 13.4 Å². The number of para-hydroxylation sites is 1. The van der Waals surface area contributed by atoms with Crippen molar-refractivity contribution in [2.75, 3.05) is 20.2 Å². The average Bonchev–Trinajstić information content (AvgIpc) is 3.24. The highest BCUT2D eigenvalue weighted by atomic mass is 32.2. The lowest BCUT2D eigenvalue weighted by molar-refractivity contribution is -0.126. The molecule has 1 fully saturated rings. The number of piperidine rings is 1. The Morgan fingerprint density at radius 2 is 2.10 bits per heavy atom. The van der Waals surface area contributed by atoms with Crippen LogP contribution in [0.1, 0.15) is 38.3 Å². The maximum atomic E-state index is 13.0. The Morgan fingerprint density at radius 1 is 1.34 bits per heavy atom. The number of imidazole rings is 1. The number of ether oxygens (including phenoxy) is 1. The summed E-state index contributed by atoms with van der Waals surface area (Å²) in [5, 5.41) is 2.94. The number of carbonyl (C=O) groups is 1. The number of rotatable bonds is 7. The van der Waals surface area contributed by atoms with Crippen molar-refractivity contribution in [2.45, 2.75) is 44.3 Å². The minimum atomic E-state index is -3.72. The third-order valence-electron chi connectivity index (χ3n) is 5.18. The number of carbonyl (C=O) groups excluding carboxylic acids is 1. The first kappa shape index (κ1) is 21.3. The summed E-state index contributed by atoms with van der Waals surface area (Å²) in [6.07, 6.45) is 4.37. The van der Waals surface area contributed by atoms with Crippen LogP contribution in [0.5, 0.6) is 5.75 Å². The van der Waals surface area contributed by atoms with Crippen LogP contribution in [0, 0.1) is 5.92 Å². The first-order chi connectivity index (χ1) is 13.8. The fraction of sp³-hybridized carbons (Fsp3) is 0.500. The van der Waals surface area contributed by atoms with E-state index in [1.54, 1.807) is 17.9 Å². The Bertz CT molecular complexity index is 955. The SMILES string of the molecule is COc1ccccc1CNC(=O)[C@H]1CCCN(S(=O)(=O)c2cn(C(C)C)cn2)C1. The summed E-state index contributed by atoms with van der Waals surface area (Å²) in [7, 11) is -2.13. The van der Waals surface area contributed by atoms with E-state index in [2.05, 4.69) is 10.3 Å². The summed E-state index contributed by atoms with van der Waals surface area (Å²) in [6, 6.07) is 7.61. The van der Waals surface area contributed by atoms with E-state index in [-0.39, 0.29) is 29.4 Å². The van der Waals surface area contributed by atoms with Crippen LogP contribution in [0.4, 0.5) is 0 Å². The van der Waals surface area contributed by atoms with Gasteiger partial charge in [-0.1, -0.05) is 18.2 Å². The largest absolute Gasteiger partial charge is 0.496 e. The summed E-state index contributed by atoms with van der Waals surface area (Å²) < 4.78 is 34.3. The van der Waals surface area contributed by atoms with Crippen molar-refractivity contribution in [1.82, 2.24) is 19.2 Å². The van der Waals surface area contributed by atoms with Gasteiger partial charge in [-0.05, 0) is 32.8 Å². The zero-order valence-corrected chi connectivity index (χ0v) is 17.9. The van der Waals surface area contributed by atoms with Gasteiger partial charge in [-0.3, -0.25) is 4.79 Å². The molecule has 29 heavy (non-hydrogen) atoms. The predicted octanol–water partition coefficient (Wildman–Crippen LogP) is 2.19. The molecule has 1 aliphatic rings. The lowest BCUT2D eigenvalue weighted by atomic mass is 9.98. The van der Waals surface area contributed by atoms with Crippen LogP contribution >= 0.6 is 0 Å². The van der Waals surface area contributed by atoms with E-state index in [0.717, 1.165) is 5.56 Å². The fourth-order valence-corrected chi connectivity index (χ4v) is 4.86. The van der Waals surface area contributed by atoms with Gasteiger partial charge in [0, 0.05) is 37.4 Å². The standard InChI is InChI=1S/C20H28N4O4S/c1-15(2)23-13-19(22-14-23)29(26,27)24-10-6-8-17(12-24)20(25)21-11-16-7-4-5-9-18(16)28-3/h4-5,7,9,13-15,17H,6,8,10-12H2,1-3H3,(H,21,25)/t17-/m0/s1. The van der Waals surface area contributed by atoms with Crippen molar-refractivity contribution in [3.05, 3.63) is 42.4 Å². The lowest BCUT2D eigenvalue weighted by Gasteiger charge is -2.30. The summed E-state index contributed by atoms with van der Waals surface area (Å²) in [5.41, 5.74) is 0.878. The summed E-state index contributed by atoms with van der Waals surface area (Å²) in [5.74, 6) is 0.172. The smallest absolute Gasteiger partial charge is 0.262 e. The number of sulfonamides is 1. The molecule has 2 heterocycles. The van der Waals surface area contributed by atoms with Gasteiger partial charge in [0.25, 0.3) is 10.0 Å². The molecule has 1 atom stereocenters. The van der Waals surface area contributed by atoms with Crippen LogP contribution in [0.15, 0.2) is 41.8 Å². The summed E-state index contributed by atoms with van der Waals surface area (Å²) in [6.45, 7) is 4.81. The molecule has 0 aliphatic carbocycles. The van der Waals surface area contributed by atoms with Gasteiger partial charge in [0.2, 0.25) is 5.91 Å². The number of aromatic nitrogens is 2. The predicted molar refractivity (Wildman–Crippen MR) is 109 cm³/mol. The van der Waals surface area contributed by atoms with Gasteiger partial charge in [0.1, 0.15) is 5.75 Å². The highest BCUT2D eigenvalue weighted by Gasteiger charge is 2.34. The van der Waals surface area contributed by atoms with Crippen LogP contribution in [-0.2, 0) is 21.4 Å². The molecule has 1 aromatic heterocycles. The number of hydrogen-bond acceptors (Lipinski definition) is 5. The monoisotopic (exact) mass is 420 g/mol. The van der Waals surface area contributed by atoms with Crippen molar-refractivity contribution in [3.8, 4) is 5.75 Å². The zero-order valence-electron chi connectivity index (χ0n) is 17.0. The number of nitrogens with zero attached hydrogens (tertiary/aromatic N) is 3. The molecule has 1 N–H and O–H groups in total. The van der Waals surface area contributed by atoms with E-state index < -0.39 is 10.0 Å². The summed E-state index contributed by atoms with van der Waals surface area (Å²) >= 11 is 0. The van der Waals surface area contributed by atoms with E-state index in [0.29, 0.717) is 31.7 Å². The Morgan fingerprint density at radius 3 is 2.79 bits per heavy atom. The molecule has 1 aromatic carbocycles. The Kier molecular flexibility index (Phi) is 6.59. The van der Waals surface area contributed by atoms with Gasteiger partial charge in [0.15, 0.2) is 5.03 Å². The number of hydrogen-bond donors (Lipinski definition) is 1. The molecule has 1 amide bonds. The molecule has 0 spiro atoms. The van der Waals surface area contributed by atoms with E-state index in [1.807, 2.05) is 38.1 Å². The third-order valence-corrected chi connectivity index (χ3v) is 6.93. The molecule has 0 bridgehead atoms. The Balaban J connectivity index is 1.65. The molecule has 9 heteroatoms. The van der Waals surface area contributed by atoms with E-state index in [9.17, 15) is 13.2 Å². The van der Waals surface area contributed by atoms with Gasteiger partial charge in [0.05, 0.1) is 19.4 Å². The second kappa shape index (κ2) is 8.96. The molecule has 1 aliphatic heterocycles. The summed E-state index contributed by atoms with van der Waals surface area (Å²) in [4.78, 5) is 16.7. The van der Waals surface area contributed by atoms with E-state index >= 15 is 0 Å². The number of amides is 1. The van der Waals surface area contributed by atoms with E-state index in [1.165, 1.54) is 10.6 Å². The van der Waals surface area contributed by atoms with Crippen LogP contribution in [-0.4, -0.2) is 48.4 Å². The van der Waals surface area contributed by atoms with Crippen molar-refractivity contribution in [1.29, 1.82) is 0 Å². The van der Waals surface area contributed by atoms with Crippen LogP contribution < -0.4 is 10.1 Å². The molecular formula is C20H28N4O4S. The van der Waals surface area contributed by atoms with Crippen LogP contribution in [0.2, 0.25) is 0 Å². The second-order valence-corrected chi connectivity index (χ2v) is 9.37. The molecule has 0 unspecified atom stereocenters. The first-order valence-electron chi connectivity index (χ1n) is 9.76. The minimum absolute atomic E-state index is 0.0290. The van der Waals surface area contributed by atoms with Gasteiger partial charge in [-0.15, -0.1) is 0 Å². The first-order valence-corrected chi connectivity index (χ1v) is 11.2. The van der Waals surface area contributed by atoms with Crippen molar-refractivity contribution >= 4 is 15.9 Å². The minimum Gasteiger partial charge on any atom is -0.496 e. The quantitative estimate of drug-likeness (QED) is 0.741. The van der Waals surface area contributed by atoms with Gasteiger partial charge in [-0.2, -0.15) is 4.31 Å². The Labute approximate surface area is 171 Å². The zero-order chi connectivity index (χ0) is 21.0. The molecule has 0 radical (unpaired) electrons. The molecule has 8 nitrogen and oxygen atoms in total. The molecule has 1 saturated heterocycles. The second-order valence-electron chi connectivity index (χ2n) is 7.48. The molecule has 158 valence electrons. The van der Waals surface area contributed by atoms with Crippen LogP contribution in [0.25, 0.3) is 0 Å². The average molecular weight is 421 g/mol. The van der Waals surface area contributed by atoms with Gasteiger partial charge >= 0.3 is 0 Å². The van der Waals surface area contributed by atoms with E-state index in [4.69, 9.17) is 4.74 Å². The molecule has 2 aromatic rings. The molecule has 0 saturated carbocycles. The number of nitrogens with one attached hydrogen (secondary N) is 1. The molecule has 3 rings (SSSR count). The highest BCUT2D eigenvalue weighted by molar-refractivity contribution is 7.89. The fourth-order valence-electron chi connectivity index (χ4n) is 3.42. The Hall–Kier alpha value is -2.39. The molecular weight excluding hydrogens is 392 g/mol. The highest BCUT2D eigenvalue weighted by Crippen LogP contribution is 2.24.